The number of hydrogen-bond donors (Lipinski definition) is 1. The summed E-state index contributed by atoms with van der Waals surface area (Å²) in [5.41, 5.74) is 6.94. The first-order valence-electron chi connectivity index (χ1n) is 8.87. The highest BCUT2D eigenvalue weighted by Crippen LogP contribution is 2.31. The van der Waals surface area contributed by atoms with Crippen molar-refractivity contribution < 1.29 is 9.18 Å². The average Bonchev–Trinajstić information content (AvgIpc) is 3.01. The van der Waals surface area contributed by atoms with Crippen LogP contribution in [0.2, 0.25) is 0 Å². The van der Waals surface area contributed by atoms with Crippen molar-refractivity contribution in [3.63, 3.8) is 0 Å². The van der Waals surface area contributed by atoms with E-state index < -0.39 is 5.91 Å². The van der Waals surface area contributed by atoms with Crippen LogP contribution in [0.25, 0.3) is 22.2 Å². The molecule has 3 aromatic carbocycles. The zero-order chi connectivity index (χ0) is 19.5. The van der Waals surface area contributed by atoms with Gasteiger partial charge in [-0.1, -0.05) is 48.5 Å². The minimum Gasteiger partial charge on any atom is -0.343 e. The highest BCUT2D eigenvalue weighted by molar-refractivity contribution is 6.07. The minimum atomic E-state index is -0.391. The minimum absolute atomic E-state index is 0.347. The Bertz CT molecular complexity index is 1160. The smallest absolute Gasteiger partial charge is 0.271 e. The molecule has 28 heavy (non-hydrogen) atoms. The predicted octanol–water partition coefficient (Wildman–Crippen LogP) is 4.75. The third-order valence-electron chi connectivity index (χ3n) is 4.66. The largest absolute Gasteiger partial charge is 0.343 e. The van der Waals surface area contributed by atoms with Gasteiger partial charge in [0.2, 0.25) is 0 Å². The number of aryl methyl sites for hydroxylation is 1. The van der Waals surface area contributed by atoms with E-state index in [1.54, 1.807) is 6.21 Å². The number of aromatic nitrogens is 1. The summed E-state index contributed by atoms with van der Waals surface area (Å²) < 4.78 is 15.1. The zero-order valence-electron chi connectivity index (χ0n) is 15.3. The van der Waals surface area contributed by atoms with E-state index in [0.717, 1.165) is 27.7 Å². The number of rotatable bonds is 4. The predicted molar refractivity (Wildman–Crippen MR) is 110 cm³/mol. The maximum atomic E-state index is 13.0. The van der Waals surface area contributed by atoms with Crippen molar-refractivity contribution in [1.29, 1.82) is 0 Å². The standard InChI is InChI=1S/C23H18FN3O/c1-27-21-10-6-5-9-19(21)20(22(27)16-7-3-2-4-8-16)15-25-26-23(28)17-11-13-18(24)14-12-17/h2-15H,1H3,(H,26,28). The number of halogens is 1. The molecule has 1 aromatic heterocycles. The van der Waals surface area contributed by atoms with E-state index in [9.17, 15) is 9.18 Å². The van der Waals surface area contributed by atoms with Gasteiger partial charge < -0.3 is 4.57 Å². The SMILES string of the molecule is Cn1c(-c2ccccc2)c(C=NNC(=O)c2ccc(F)cc2)c2ccccc21. The van der Waals surface area contributed by atoms with E-state index in [1.807, 2.05) is 55.6 Å². The van der Waals surface area contributed by atoms with Crippen LogP contribution in [0.1, 0.15) is 15.9 Å². The summed E-state index contributed by atoms with van der Waals surface area (Å²) in [4.78, 5) is 12.2. The van der Waals surface area contributed by atoms with Crippen LogP contribution in [0.4, 0.5) is 4.39 Å². The molecule has 4 rings (SSSR count). The summed E-state index contributed by atoms with van der Waals surface area (Å²) in [6, 6.07) is 23.4. The first-order valence-corrected chi connectivity index (χ1v) is 8.87. The fraction of sp³-hybridized carbons (Fsp3) is 0.0435. The molecule has 0 radical (unpaired) electrons. The van der Waals surface area contributed by atoms with Gasteiger partial charge in [0.25, 0.3) is 5.91 Å². The molecular weight excluding hydrogens is 353 g/mol. The van der Waals surface area contributed by atoms with Crippen molar-refractivity contribution in [3.8, 4) is 11.3 Å². The Morgan fingerprint density at radius 1 is 0.964 bits per heavy atom. The maximum Gasteiger partial charge on any atom is 0.271 e. The molecule has 4 nitrogen and oxygen atoms in total. The zero-order valence-corrected chi connectivity index (χ0v) is 15.3. The Labute approximate surface area is 161 Å². The third-order valence-corrected chi connectivity index (χ3v) is 4.66. The van der Waals surface area contributed by atoms with Crippen LogP contribution in [0.3, 0.4) is 0 Å². The van der Waals surface area contributed by atoms with Crippen molar-refractivity contribution >= 4 is 23.0 Å². The third kappa shape index (κ3) is 3.30. The highest BCUT2D eigenvalue weighted by Gasteiger charge is 2.15. The fourth-order valence-corrected chi connectivity index (χ4v) is 3.32. The summed E-state index contributed by atoms with van der Waals surface area (Å²) in [7, 11) is 2.01. The molecule has 1 heterocycles. The molecule has 1 N–H and O–H groups in total. The maximum absolute atomic E-state index is 13.0. The van der Waals surface area contributed by atoms with Crippen LogP contribution < -0.4 is 5.43 Å². The Kier molecular flexibility index (Phi) is 4.72. The van der Waals surface area contributed by atoms with Crippen LogP contribution in [0, 0.1) is 5.82 Å². The number of fused-ring (bicyclic) bond motifs is 1. The lowest BCUT2D eigenvalue weighted by atomic mass is 10.1. The number of hydrazone groups is 1. The van der Waals surface area contributed by atoms with Gasteiger partial charge >= 0.3 is 0 Å². The van der Waals surface area contributed by atoms with Gasteiger partial charge in [-0.15, -0.1) is 0 Å². The molecule has 0 saturated carbocycles. The van der Waals surface area contributed by atoms with Gasteiger partial charge in [0.15, 0.2) is 0 Å². The number of nitrogens with one attached hydrogen (secondary N) is 1. The van der Waals surface area contributed by atoms with E-state index >= 15 is 0 Å². The molecule has 138 valence electrons. The van der Waals surface area contributed by atoms with Gasteiger partial charge in [-0.05, 0) is 35.9 Å². The summed E-state index contributed by atoms with van der Waals surface area (Å²) in [5, 5.41) is 5.20. The Morgan fingerprint density at radius 3 is 2.39 bits per heavy atom. The van der Waals surface area contributed by atoms with Crippen LogP contribution in [-0.4, -0.2) is 16.7 Å². The van der Waals surface area contributed by atoms with E-state index in [4.69, 9.17) is 0 Å². The molecule has 0 aliphatic carbocycles. The van der Waals surface area contributed by atoms with Crippen molar-refractivity contribution in [1.82, 2.24) is 9.99 Å². The quantitative estimate of drug-likeness (QED) is 0.408. The van der Waals surface area contributed by atoms with Gasteiger partial charge in [0.05, 0.1) is 11.9 Å². The Morgan fingerprint density at radius 2 is 1.64 bits per heavy atom. The lowest BCUT2D eigenvalue weighted by Gasteiger charge is -2.06. The lowest BCUT2D eigenvalue weighted by molar-refractivity contribution is 0.0955. The monoisotopic (exact) mass is 371 g/mol. The number of para-hydroxylation sites is 1. The fourth-order valence-electron chi connectivity index (χ4n) is 3.32. The molecule has 0 aliphatic heterocycles. The van der Waals surface area contributed by atoms with Crippen LogP contribution in [0.5, 0.6) is 0 Å². The van der Waals surface area contributed by atoms with Gasteiger partial charge in [0.1, 0.15) is 5.82 Å². The van der Waals surface area contributed by atoms with E-state index in [2.05, 4.69) is 21.2 Å². The van der Waals surface area contributed by atoms with Gasteiger partial charge in [-0.25, -0.2) is 9.82 Å². The Hall–Kier alpha value is -3.73. The van der Waals surface area contributed by atoms with E-state index in [1.165, 1.54) is 24.3 Å². The summed E-state index contributed by atoms with van der Waals surface area (Å²) in [5.74, 6) is -0.777. The molecule has 0 unspecified atom stereocenters. The molecule has 0 bridgehead atoms. The number of nitrogens with zero attached hydrogens (tertiary/aromatic N) is 2. The summed E-state index contributed by atoms with van der Waals surface area (Å²) in [6.07, 6.45) is 1.66. The van der Waals surface area contributed by atoms with Crippen LogP contribution in [0.15, 0.2) is 84.0 Å². The molecule has 0 fully saturated rings. The summed E-state index contributed by atoms with van der Waals surface area (Å²) >= 11 is 0. The molecule has 1 amide bonds. The first kappa shape index (κ1) is 17.7. The van der Waals surface area contributed by atoms with E-state index in [0.29, 0.717) is 5.56 Å². The average molecular weight is 371 g/mol. The molecule has 5 heteroatoms. The molecule has 0 saturated heterocycles. The number of hydrogen-bond acceptors (Lipinski definition) is 2. The second kappa shape index (κ2) is 7.48. The molecule has 0 spiro atoms. The second-order valence-corrected chi connectivity index (χ2v) is 6.41. The molecular formula is C23H18FN3O. The molecule has 0 atom stereocenters. The van der Waals surface area contributed by atoms with Crippen LogP contribution in [-0.2, 0) is 7.05 Å². The topological polar surface area (TPSA) is 46.4 Å². The number of carbonyl (C=O) groups excluding carboxylic acids is 1. The van der Waals surface area contributed by atoms with Gasteiger partial charge in [-0.3, -0.25) is 4.79 Å². The lowest BCUT2D eigenvalue weighted by Crippen LogP contribution is -2.17. The number of benzene rings is 3. The number of carbonyl (C=O) groups is 1. The van der Waals surface area contributed by atoms with E-state index in [-0.39, 0.29) is 5.82 Å². The van der Waals surface area contributed by atoms with Gasteiger partial charge in [-0.2, -0.15) is 5.10 Å². The van der Waals surface area contributed by atoms with Crippen molar-refractivity contribution in [2.24, 2.45) is 12.1 Å². The second-order valence-electron chi connectivity index (χ2n) is 6.41. The summed E-state index contributed by atoms with van der Waals surface area (Å²) in [6.45, 7) is 0. The highest BCUT2D eigenvalue weighted by atomic mass is 19.1. The number of amides is 1. The van der Waals surface area contributed by atoms with Crippen molar-refractivity contribution in [2.45, 2.75) is 0 Å². The Balaban J connectivity index is 1.71. The van der Waals surface area contributed by atoms with Gasteiger partial charge in [0, 0.05) is 29.1 Å². The van der Waals surface area contributed by atoms with Crippen LogP contribution >= 0.6 is 0 Å². The normalized spacial score (nSPS) is 11.2. The molecule has 4 aromatic rings. The van der Waals surface area contributed by atoms with Crippen molar-refractivity contribution in [3.05, 3.63) is 95.8 Å². The first-order chi connectivity index (χ1) is 13.6. The molecule has 0 aliphatic rings. The van der Waals surface area contributed by atoms with Crippen molar-refractivity contribution in [2.75, 3.05) is 0 Å².